The Morgan fingerprint density at radius 3 is 3.43 bits per heavy atom. The van der Waals surface area contributed by atoms with Gasteiger partial charge in [-0.15, -0.1) is 21.5 Å². The monoisotopic (exact) mass is 206 g/mol. The molecule has 0 saturated heterocycles. The molecule has 0 fully saturated rings. The fourth-order valence-electron chi connectivity index (χ4n) is 1.48. The molecule has 0 aliphatic carbocycles. The molecule has 6 heteroatoms. The van der Waals surface area contributed by atoms with Gasteiger partial charge >= 0.3 is 0 Å². The second-order valence-corrected chi connectivity index (χ2v) is 3.85. The minimum atomic E-state index is -0.0412. The summed E-state index contributed by atoms with van der Waals surface area (Å²) >= 11 is 1.43. The van der Waals surface area contributed by atoms with Crippen LogP contribution in [0.3, 0.4) is 0 Å². The molecule has 3 rings (SSSR count). The first-order valence-electron chi connectivity index (χ1n) is 4.11. The minimum Gasteiger partial charge on any atom is -0.344 e. The van der Waals surface area contributed by atoms with E-state index in [0.717, 1.165) is 11.5 Å². The molecule has 0 radical (unpaired) electrons. The van der Waals surface area contributed by atoms with Crippen molar-refractivity contribution < 1.29 is 4.79 Å². The first kappa shape index (κ1) is 7.69. The Hall–Kier alpha value is -1.69. The second kappa shape index (κ2) is 2.65. The van der Waals surface area contributed by atoms with Crippen molar-refractivity contribution >= 4 is 17.2 Å². The summed E-state index contributed by atoms with van der Waals surface area (Å²) in [7, 11) is 0. The van der Waals surface area contributed by atoms with Crippen molar-refractivity contribution in [1.29, 1.82) is 0 Å². The zero-order valence-electron chi connectivity index (χ0n) is 7.10. The maximum atomic E-state index is 11.6. The van der Waals surface area contributed by atoms with Crippen molar-refractivity contribution in [3.05, 3.63) is 28.5 Å². The van der Waals surface area contributed by atoms with Crippen LogP contribution in [0.4, 0.5) is 0 Å². The van der Waals surface area contributed by atoms with Crippen LogP contribution >= 0.6 is 11.3 Å². The molecule has 0 spiro atoms. The first-order valence-corrected chi connectivity index (χ1v) is 4.99. The average molecular weight is 206 g/mol. The van der Waals surface area contributed by atoms with Gasteiger partial charge in [0.05, 0.1) is 12.2 Å². The highest BCUT2D eigenvalue weighted by molar-refractivity contribution is 7.12. The van der Waals surface area contributed by atoms with E-state index in [1.807, 2.05) is 16.0 Å². The standard InChI is InChI=1S/C8H6N4OS/c13-8-7-5(1-2-14-7)12-4-10-11-6(12)3-9-8/h1-2,4H,3H2,(H,9,13). The van der Waals surface area contributed by atoms with Gasteiger partial charge in [-0.25, -0.2) is 0 Å². The third-order valence-electron chi connectivity index (χ3n) is 2.14. The van der Waals surface area contributed by atoms with Gasteiger partial charge in [0, 0.05) is 0 Å². The van der Waals surface area contributed by atoms with Crippen molar-refractivity contribution in [3.8, 4) is 5.69 Å². The molecule has 5 nitrogen and oxygen atoms in total. The van der Waals surface area contributed by atoms with Crippen LogP contribution in [0, 0.1) is 0 Å². The lowest BCUT2D eigenvalue weighted by Crippen LogP contribution is -2.20. The fraction of sp³-hybridized carbons (Fsp3) is 0.125. The highest BCUT2D eigenvalue weighted by atomic mass is 32.1. The van der Waals surface area contributed by atoms with Crippen molar-refractivity contribution in [2.24, 2.45) is 0 Å². The van der Waals surface area contributed by atoms with E-state index in [9.17, 15) is 4.79 Å². The molecule has 0 saturated carbocycles. The number of nitrogens with one attached hydrogen (secondary N) is 1. The molecule has 2 aromatic rings. The number of aromatic nitrogens is 3. The number of nitrogens with zero attached hydrogens (tertiary/aromatic N) is 3. The van der Waals surface area contributed by atoms with Crippen LogP contribution in [0.5, 0.6) is 0 Å². The summed E-state index contributed by atoms with van der Waals surface area (Å²) in [5, 5.41) is 12.4. The van der Waals surface area contributed by atoms with Crippen LogP contribution in [-0.4, -0.2) is 20.7 Å². The SMILES string of the molecule is O=C1NCc2nncn2-c2ccsc21. The molecule has 1 aliphatic heterocycles. The molecule has 3 heterocycles. The van der Waals surface area contributed by atoms with Gasteiger partial charge in [-0.3, -0.25) is 9.36 Å². The van der Waals surface area contributed by atoms with Crippen LogP contribution in [0.25, 0.3) is 5.69 Å². The van der Waals surface area contributed by atoms with Crippen LogP contribution in [0.15, 0.2) is 17.8 Å². The number of hydrogen-bond acceptors (Lipinski definition) is 4. The number of hydrogen-bond donors (Lipinski definition) is 1. The lowest BCUT2D eigenvalue weighted by molar-refractivity contribution is 0.0956. The number of carbonyl (C=O) groups excluding carboxylic acids is 1. The summed E-state index contributed by atoms with van der Waals surface area (Å²) in [6.45, 7) is 0.431. The van der Waals surface area contributed by atoms with Crippen LogP contribution in [0.1, 0.15) is 15.5 Å². The predicted molar refractivity (Wildman–Crippen MR) is 50.4 cm³/mol. The molecule has 0 atom stereocenters. The van der Waals surface area contributed by atoms with Gasteiger partial charge in [-0.05, 0) is 11.4 Å². The number of thiophene rings is 1. The van der Waals surface area contributed by atoms with E-state index in [0.29, 0.717) is 11.4 Å². The normalized spacial score (nSPS) is 14.1. The summed E-state index contributed by atoms with van der Waals surface area (Å²) in [4.78, 5) is 12.3. The van der Waals surface area contributed by atoms with Gasteiger partial charge < -0.3 is 5.32 Å². The maximum absolute atomic E-state index is 11.6. The van der Waals surface area contributed by atoms with E-state index in [1.54, 1.807) is 6.33 Å². The topological polar surface area (TPSA) is 59.8 Å². The van der Waals surface area contributed by atoms with E-state index in [4.69, 9.17) is 0 Å². The van der Waals surface area contributed by atoms with Gasteiger partial charge in [-0.1, -0.05) is 0 Å². The first-order chi connectivity index (χ1) is 6.86. The largest absolute Gasteiger partial charge is 0.344 e. The highest BCUT2D eigenvalue weighted by Gasteiger charge is 2.21. The number of rotatable bonds is 0. The van der Waals surface area contributed by atoms with Crippen LogP contribution in [-0.2, 0) is 6.54 Å². The number of carbonyl (C=O) groups is 1. The fourth-order valence-corrected chi connectivity index (χ4v) is 2.28. The van der Waals surface area contributed by atoms with Gasteiger partial charge in [0.25, 0.3) is 5.91 Å². The van der Waals surface area contributed by atoms with Gasteiger partial charge in [0.15, 0.2) is 5.82 Å². The molecule has 0 aromatic carbocycles. The molecule has 14 heavy (non-hydrogen) atoms. The maximum Gasteiger partial charge on any atom is 0.263 e. The molecule has 2 aromatic heterocycles. The van der Waals surface area contributed by atoms with E-state index in [-0.39, 0.29) is 5.91 Å². The minimum absolute atomic E-state index is 0.0412. The molecule has 0 bridgehead atoms. The molecule has 1 N–H and O–H groups in total. The van der Waals surface area contributed by atoms with Crippen LogP contribution < -0.4 is 5.32 Å². The van der Waals surface area contributed by atoms with E-state index in [2.05, 4.69) is 15.5 Å². The van der Waals surface area contributed by atoms with Crippen molar-refractivity contribution in [1.82, 2.24) is 20.1 Å². The molecular weight excluding hydrogens is 200 g/mol. The summed E-state index contributed by atoms with van der Waals surface area (Å²) in [6.07, 6.45) is 1.63. The zero-order chi connectivity index (χ0) is 9.54. The Labute approximate surface area is 83.4 Å². The summed E-state index contributed by atoms with van der Waals surface area (Å²) in [5.41, 5.74) is 0.866. The quantitative estimate of drug-likeness (QED) is 0.685. The summed E-state index contributed by atoms with van der Waals surface area (Å²) in [6, 6.07) is 1.90. The third-order valence-corrected chi connectivity index (χ3v) is 3.04. The Balaban J connectivity index is 2.31. The van der Waals surface area contributed by atoms with E-state index >= 15 is 0 Å². The average Bonchev–Trinajstić information content (AvgIpc) is 2.80. The molecule has 0 unspecified atom stereocenters. The summed E-state index contributed by atoms with van der Waals surface area (Å²) in [5.74, 6) is 0.719. The third kappa shape index (κ3) is 0.912. The Bertz CT molecular complexity index is 501. The lowest BCUT2D eigenvalue weighted by atomic mass is 10.4. The van der Waals surface area contributed by atoms with Crippen molar-refractivity contribution in [2.45, 2.75) is 6.54 Å². The Kier molecular flexibility index (Phi) is 1.45. The second-order valence-electron chi connectivity index (χ2n) is 2.93. The van der Waals surface area contributed by atoms with Gasteiger partial charge in [0.2, 0.25) is 0 Å². The Morgan fingerprint density at radius 1 is 1.57 bits per heavy atom. The zero-order valence-corrected chi connectivity index (χ0v) is 7.91. The molecular formula is C8H6N4OS. The molecule has 70 valence electrons. The molecule has 1 aliphatic rings. The van der Waals surface area contributed by atoms with Crippen molar-refractivity contribution in [3.63, 3.8) is 0 Å². The Morgan fingerprint density at radius 2 is 2.50 bits per heavy atom. The summed E-state index contributed by atoms with van der Waals surface area (Å²) < 4.78 is 1.84. The molecule has 1 amide bonds. The number of amides is 1. The number of fused-ring (bicyclic) bond motifs is 3. The predicted octanol–water partition coefficient (Wildman–Crippen LogP) is 0.572. The lowest BCUT2D eigenvalue weighted by Gasteiger charge is -1.98. The highest BCUT2D eigenvalue weighted by Crippen LogP contribution is 2.23. The van der Waals surface area contributed by atoms with Gasteiger partial charge in [-0.2, -0.15) is 0 Å². The van der Waals surface area contributed by atoms with E-state index in [1.165, 1.54) is 11.3 Å². The van der Waals surface area contributed by atoms with Crippen LogP contribution in [0.2, 0.25) is 0 Å². The van der Waals surface area contributed by atoms with E-state index < -0.39 is 0 Å². The smallest absolute Gasteiger partial charge is 0.263 e. The van der Waals surface area contributed by atoms with Crippen molar-refractivity contribution in [2.75, 3.05) is 0 Å². The van der Waals surface area contributed by atoms with Gasteiger partial charge in [0.1, 0.15) is 11.2 Å².